The van der Waals surface area contributed by atoms with E-state index in [1.807, 2.05) is 30.3 Å². The molecule has 7 heteroatoms. The van der Waals surface area contributed by atoms with Gasteiger partial charge in [0, 0.05) is 57.5 Å². The van der Waals surface area contributed by atoms with Gasteiger partial charge in [0.25, 0.3) is 0 Å². The molecule has 176 valence electrons. The van der Waals surface area contributed by atoms with Gasteiger partial charge in [-0.2, -0.15) is 0 Å². The van der Waals surface area contributed by atoms with Crippen LogP contribution in [0, 0.1) is 5.92 Å². The number of ether oxygens (including phenoxy) is 3. The minimum Gasteiger partial charge on any atom is -0.493 e. The van der Waals surface area contributed by atoms with Crippen molar-refractivity contribution >= 4 is 35.6 Å². The van der Waals surface area contributed by atoms with Gasteiger partial charge >= 0.3 is 0 Å². The lowest BCUT2D eigenvalue weighted by atomic mass is 9.89. The molecule has 0 amide bonds. The van der Waals surface area contributed by atoms with Crippen molar-refractivity contribution in [3.8, 4) is 5.75 Å². The molecular formula is C25H36IN3O3. The third-order valence-corrected chi connectivity index (χ3v) is 5.26. The first kappa shape index (κ1) is 26.4. The Morgan fingerprint density at radius 2 is 1.97 bits per heavy atom. The summed E-state index contributed by atoms with van der Waals surface area (Å²) in [5, 5.41) is 6.75. The molecule has 1 aliphatic rings. The quantitative estimate of drug-likeness (QED) is 0.182. The molecule has 2 unspecified atom stereocenters. The zero-order chi connectivity index (χ0) is 21.7. The molecule has 2 aromatic rings. The van der Waals surface area contributed by atoms with Crippen LogP contribution in [0.4, 0.5) is 5.69 Å². The second-order valence-electron chi connectivity index (χ2n) is 7.67. The average molecular weight is 553 g/mol. The third kappa shape index (κ3) is 8.60. The Morgan fingerprint density at radius 3 is 2.75 bits per heavy atom. The normalized spacial score (nSPS) is 18.5. The van der Waals surface area contributed by atoms with Crippen LogP contribution in [0.5, 0.6) is 5.75 Å². The Labute approximate surface area is 209 Å². The predicted octanol–water partition coefficient (Wildman–Crippen LogP) is 5.27. The highest BCUT2D eigenvalue weighted by Crippen LogP contribution is 2.33. The van der Waals surface area contributed by atoms with Crippen molar-refractivity contribution in [2.75, 3.05) is 45.3 Å². The second kappa shape index (κ2) is 15.1. The maximum atomic E-state index is 6.12. The first-order valence-electron chi connectivity index (χ1n) is 11.2. The molecule has 0 aliphatic carbocycles. The highest BCUT2D eigenvalue weighted by Gasteiger charge is 2.27. The molecule has 1 fully saturated rings. The predicted molar refractivity (Wildman–Crippen MR) is 141 cm³/mol. The molecule has 2 N–H and O–H groups in total. The van der Waals surface area contributed by atoms with Crippen molar-refractivity contribution in [2.45, 2.75) is 32.3 Å². The molecule has 1 aliphatic heterocycles. The SMILES string of the molecule is CCNC(=NCC1CCCOC1c1ccccc1)Nc1cccc(OCCCOC)c1.I. The van der Waals surface area contributed by atoms with Crippen LogP contribution in [-0.4, -0.2) is 46.0 Å². The van der Waals surface area contributed by atoms with Gasteiger partial charge in [0.1, 0.15) is 5.75 Å². The van der Waals surface area contributed by atoms with Crippen molar-refractivity contribution in [1.82, 2.24) is 5.32 Å². The summed E-state index contributed by atoms with van der Waals surface area (Å²) in [5.74, 6) is 1.97. The van der Waals surface area contributed by atoms with Crippen LogP contribution in [0.25, 0.3) is 0 Å². The average Bonchev–Trinajstić information content (AvgIpc) is 2.81. The van der Waals surface area contributed by atoms with E-state index < -0.39 is 0 Å². The summed E-state index contributed by atoms with van der Waals surface area (Å²) < 4.78 is 17.0. The monoisotopic (exact) mass is 553 g/mol. The Balaban J connectivity index is 0.00000363. The van der Waals surface area contributed by atoms with Crippen molar-refractivity contribution in [2.24, 2.45) is 10.9 Å². The summed E-state index contributed by atoms with van der Waals surface area (Å²) in [6.07, 6.45) is 3.17. The first-order chi connectivity index (χ1) is 15.3. The minimum absolute atomic E-state index is 0. The number of aliphatic imine (C=N–C) groups is 1. The van der Waals surface area contributed by atoms with E-state index in [-0.39, 0.29) is 30.1 Å². The van der Waals surface area contributed by atoms with Crippen molar-refractivity contribution in [3.63, 3.8) is 0 Å². The summed E-state index contributed by atoms with van der Waals surface area (Å²) in [7, 11) is 1.70. The van der Waals surface area contributed by atoms with Gasteiger partial charge in [-0.3, -0.25) is 4.99 Å². The zero-order valence-electron chi connectivity index (χ0n) is 19.1. The number of anilines is 1. The number of halogens is 1. The molecule has 2 atom stereocenters. The van der Waals surface area contributed by atoms with Gasteiger partial charge in [-0.1, -0.05) is 36.4 Å². The molecule has 2 aromatic carbocycles. The molecular weight excluding hydrogens is 517 g/mol. The van der Waals surface area contributed by atoms with Gasteiger partial charge < -0.3 is 24.8 Å². The van der Waals surface area contributed by atoms with Crippen molar-refractivity contribution < 1.29 is 14.2 Å². The Bertz CT molecular complexity index is 804. The maximum absolute atomic E-state index is 6.12. The van der Waals surface area contributed by atoms with E-state index in [1.165, 1.54) is 5.56 Å². The number of hydrogen-bond acceptors (Lipinski definition) is 4. The zero-order valence-corrected chi connectivity index (χ0v) is 21.4. The fraction of sp³-hybridized carbons (Fsp3) is 0.480. The van der Waals surface area contributed by atoms with Crippen LogP contribution in [-0.2, 0) is 9.47 Å². The van der Waals surface area contributed by atoms with E-state index in [4.69, 9.17) is 19.2 Å². The molecule has 3 rings (SSSR count). The Hall–Kier alpha value is -1.84. The van der Waals surface area contributed by atoms with Crippen LogP contribution >= 0.6 is 24.0 Å². The van der Waals surface area contributed by atoms with Crippen LogP contribution < -0.4 is 15.4 Å². The number of guanidine groups is 1. The van der Waals surface area contributed by atoms with E-state index in [2.05, 4.69) is 41.8 Å². The summed E-state index contributed by atoms with van der Waals surface area (Å²) in [6.45, 7) is 5.72. The lowest BCUT2D eigenvalue weighted by Crippen LogP contribution is -2.32. The van der Waals surface area contributed by atoms with Gasteiger partial charge in [0.15, 0.2) is 5.96 Å². The van der Waals surface area contributed by atoms with Crippen molar-refractivity contribution in [1.29, 1.82) is 0 Å². The molecule has 0 radical (unpaired) electrons. The van der Waals surface area contributed by atoms with Crippen molar-refractivity contribution in [3.05, 3.63) is 60.2 Å². The number of nitrogens with zero attached hydrogens (tertiary/aromatic N) is 1. The fourth-order valence-corrected chi connectivity index (χ4v) is 3.75. The number of benzene rings is 2. The van der Waals surface area contributed by atoms with Crippen LogP contribution in [0.3, 0.4) is 0 Å². The van der Waals surface area contributed by atoms with E-state index >= 15 is 0 Å². The lowest BCUT2D eigenvalue weighted by Gasteiger charge is -2.31. The number of methoxy groups -OCH3 is 1. The van der Waals surface area contributed by atoms with E-state index in [0.29, 0.717) is 25.7 Å². The Kier molecular flexibility index (Phi) is 12.4. The largest absolute Gasteiger partial charge is 0.493 e. The van der Waals surface area contributed by atoms with Gasteiger partial charge in [-0.25, -0.2) is 0 Å². The van der Waals surface area contributed by atoms with Gasteiger partial charge in [-0.05, 0) is 37.5 Å². The minimum atomic E-state index is 0. The number of nitrogens with one attached hydrogen (secondary N) is 2. The molecule has 32 heavy (non-hydrogen) atoms. The van der Waals surface area contributed by atoms with E-state index in [0.717, 1.165) is 49.8 Å². The summed E-state index contributed by atoms with van der Waals surface area (Å²) >= 11 is 0. The third-order valence-electron chi connectivity index (χ3n) is 5.26. The highest BCUT2D eigenvalue weighted by molar-refractivity contribution is 14.0. The summed E-state index contributed by atoms with van der Waals surface area (Å²) in [4.78, 5) is 4.88. The molecule has 1 heterocycles. The molecule has 0 bridgehead atoms. The Morgan fingerprint density at radius 1 is 1.12 bits per heavy atom. The highest BCUT2D eigenvalue weighted by atomic mass is 127. The summed E-state index contributed by atoms with van der Waals surface area (Å²) in [6, 6.07) is 18.4. The van der Waals surface area contributed by atoms with Crippen LogP contribution in [0.1, 0.15) is 37.9 Å². The smallest absolute Gasteiger partial charge is 0.195 e. The molecule has 0 aromatic heterocycles. The first-order valence-corrected chi connectivity index (χ1v) is 11.2. The van der Waals surface area contributed by atoms with Gasteiger partial charge in [-0.15, -0.1) is 24.0 Å². The number of rotatable bonds is 10. The molecule has 0 spiro atoms. The topological polar surface area (TPSA) is 64.1 Å². The van der Waals surface area contributed by atoms with E-state index in [1.54, 1.807) is 7.11 Å². The van der Waals surface area contributed by atoms with Crippen LogP contribution in [0.15, 0.2) is 59.6 Å². The second-order valence-corrected chi connectivity index (χ2v) is 7.67. The van der Waals surface area contributed by atoms with E-state index in [9.17, 15) is 0 Å². The maximum Gasteiger partial charge on any atom is 0.195 e. The molecule has 0 saturated carbocycles. The lowest BCUT2D eigenvalue weighted by molar-refractivity contribution is -0.0250. The van der Waals surface area contributed by atoms with Gasteiger partial charge in [0.2, 0.25) is 0 Å². The molecule has 1 saturated heterocycles. The van der Waals surface area contributed by atoms with Gasteiger partial charge in [0.05, 0.1) is 12.7 Å². The standard InChI is InChI=1S/C25H35N3O3.HI/c1-3-26-25(28-22-13-7-14-23(18-22)30-17-9-15-29-2)27-19-21-12-8-16-31-24(21)20-10-5-4-6-11-20;/h4-7,10-11,13-14,18,21,24H,3,8-9,12,15-17,19H2,1-2H3,(H2,26,27,28);1H. The fourth-order valence-electron chi connectivity index (χ4n) is 3.75. The molecule has 6 nitrogen and oxygen atoms in total. The summed E-state index contributed by atoms with van der Waals surface area (Å²) in [5.41, 5.74) is 2.18. The van der Waals surface area contributed by atoms with Crippen LogP contribution in [0.2, 0.25) is 0 Å². The number of hydrogen-bond donors (Lipinski definition) is 2.